The van der Waals surface area contributed by atoms with Crippen LogP contribution in [-0.2, 0) is 6.42 Å². The summed E-state index contributed by atoms with van der Waals surface area (Å²) in [6.07, 6.45) is 15.8. The van der Waals surface area contributed by atoms with Crippen molar-refractivity contribution in [2.24, 2.45) is 0 Å². The van der Waals surface area contributed by atoms with Crippen LogP contribution in [0.25, 0.3) is 33.8 Å². The normalized spacial score (nSPS) is 19.0. The fraction of sp³-hybridized carbons (Fsp3) is 0.111. The van der Waals surface area contributed by atoms with Gasteiger partial charge in [0, 0.05) is 34.1 Å². The Kier molecular flexibility index (Phi) is 4.81. The highest BCUT2D eigenvalue weighted by Crippen LogP contribution is 2.47. The second-order valence-electron chi connectivity index (χ2n) is 10.5. The third kappa shape index (κ3) is 3.20. The number of benzene rings is 4. The molecule has 2 unspecified atom stereocenters. The summed E-state index contributed by atoms with van der Waals surface area (Å²) in [7, 11) is 0. The first-order valence-corrected chi connectivity index (χ1v) is 13.6. The number of nitrogens with zero attached hydrogens (tertiary/aromatic N) is 2. The zero-order valence-corrected chi connectivity index (χ0v) is 21.2. The smallest absolute Gasteiger partial charge is 0.0629 e. The van der Waals surface area contributed by atoms with Gasteiger partial charge in [-0.3, -0.25) is 0 Å². The van der Waals surface area contributed by atoms with Gasteiger partial charge in [-0.05, 0) is 77.6 Å². The van der Waals surface area contributed by atoms with Crippen LogP contribution in [0.3, 0.4) is 0 Å². The number of para-hydroxylation sites is 2. The molecule has 2 aliphatic carbocycles. The first-order valence-electron chi connectivity index (χ1n) is 13.6. The van der Waals surface area contributed by atoms with E-state index in [4.69, 9.17) is 0 Å². The Bertz CT molecular complexity index is 1760. The Morgan fingerprint density at radius 3 is 2.21 bits per heavy atom. The molecule has 38 heavy (non-hydrogen) atoms. The number of allylic oxidation sites excluding steroid dienone is 3. The largest absolute Gasteiger partial charge is 0.333 e. The van der Waals surface area contributed by atoms with Crippen LogP contribution >= 0.6 is 0 Å². The van der Waals surface area contributed by atoms with E-state index in [0.717, 1.165) is 12.8 Å². The summed E-state index contributed by atoms with van der Waals surface area (Å²) in [5, 5.41) is 1.38. The van der Waals surface area contributed by atoms with Crippen molar-refractivity contribution in [2.45, 2.75) is 24.8 Å². The van der Waals surface area contributed by atoms with Gasteiger partial charge in [0.1, 0.15) is 0 Å². The van der Waals surface area contributed by atoms with Gasteiger partial charge >= 0.3 is 0 Å². The van der Waals surface area contributed by atoms with Crippen LogP contribution in [0.5, 0.6) is 0 Å². The van der Waals surface area contributed by atoms with E-state index >= 15 is 0 Å². The molecule has 2 nitrogen and oxygen atoms in total. The molecule has 3 aliphatic rings. The topological polar surface area (TPSA) is 8.17 Å². The maximum atomic E-state index is 2.49. The van der Waals surface area contributed by atoms with Crippen LogP contribution in [-0.4, -0.2) is 10.6 Å². The second kappa shape index (κ2) is 8.49. The molecule has 2 heterocycles. The Morgan fingerprint density at radius 1 is 0.658 bits per heavy atom. The summed E-state index contributed by atoms with van der Waals surface area (Å²) in [5.41, 5.74) is 11.7. The summed E-state index contributed by atoms with van der Waals surface area (Å²) >= 11 is 0. The van der Waals surface area contributed by atoms with Crippen molar-refractivity contribution in [2.75, 3.05) is 4.90 Å². The molecule has 4 aromatic carbocycles. The van der Waals surface area contributed by atoms with E-state index in [-0.39, 0.29) is 0 Å². The van der Waals surface area contributed by atoms with Crippen molar-refractivity contribution in [3.8, 4) is 16.8 Å². The molecule has 0 spiro atoms. The summed E-state index contributed by atoms with van der Waals surface area (Å²) in [6.45, 7) is 0. The highest BCUT2D eigenvalue weighted by atomic mass is 15.2. The first-order chi connectivity index (χ1) is 18.9. The monoisotopic (exact) mass is 488 g/mol. The standard InChI is InChI=1S/C36H28N2/c1-5-13-33-29(9-1)30-10-2-6-14-34(30)37(33)27-21-17-25(18-22-27)26-19-23-28(24-20-26)38-35-15-7-3-11-31(35)32-12-4-8-16-36(32)38/h1-3,5-11,13-24,29,33H,4,12H2. The van der Waals surface area contributed by atoms with Gasteiger partial charge in [-0.1, -0.05) is 91.0 Å². The van der Waals surface area contributed by atoms with Crippen molar-refractivity contribution in [1.29, 1.82) is 0 Å². The maximum Gasteiger partial charge on any atom is 0.0629 e. The Labute approximate surface area is 223 Å². The van der Waals surface area contributed by atoms with E-state index in [2.05, 4.69) is 143 Å². The van der Waals surface area contributed by atoms with E-state index in [1.165, 1.54) is 55.9 Å². The summed E-state index contributed by atoms with van der Waals surface area (Å²) in [4.78, 5) is 2.49. The molecule has 1 aromatic heterocycles. The molecule has 0 fully saturated rings. The Hall–Kier alpha value is -4.56. The fourth-order valence-corrected chi connectivity index (χ4v) is 6.67. The highest BCUT2D eigenvalue weighted by molar-refractivity contribution is 5.90. The molecule has 182 valence electrons. The van der Waals surface area contributed by atoms with Crippen LogP contribution in [0.4, 0.5) is 11.4 Å². The average molecular weight is 489 g/mol. The summed E-state index contributed by atoms with van der Waals surface area (Å²) in [6, 6.07) is 36.1. The van der Waals surface area contributed by atoms with Crippen LogP contribution in [0.2, 0.25) is 0 Å². The van der Waals surface area contributed by atoms with Crippen molar-refractivity contribution >= 4 is 28.4 Å². The van der Waals surface area contributed by atoms with Gasteiger partial charge in [0.15, 0.2) is 0 Å². The number of anilines is 2. The first kappa shape index (κ1) is 21.5. The lowest BCUT2D eigenvalue weighted by molar-refractivity contribution is 0.745. The molecular formula is C36H28N2. The quantitative estimate of drug-likeness (QED) is 0.246. The highest BCUT2D eigenvalue weighted by Gasteiger charge is 2.36. The van der Waals surface area contributed by atoms with Crippen molar-refractivity contribution in [3.63, 3.8) is 0 Å². The van der Waals surface area contributed by atoms with E-state index in [1.807, 2.05) is 0 Å². The maximum absolute atomic E-state index is 2.49. The summed E-state index contributed by atoms with van der Waals surface area (Å²) in [5.74, 6) is 0.411. The molecule has 0 radical (unpaired) electrons. The van der Waals surface area contributed by atoms with Gasteiger partial charge in [0.2, 0.25) is 0 Å². The molecular weight excluding hydrogens is 460 g/mol. The minimum atomic E-state index is 0.332. The number of hydrogen-bond donors (Lipinski definition) is 0. The minimum absolute atomic E-state index is 0.332. The van der Waals surface area contributed by atoms with Crippen LogP contribution in [0, 0.1) is 0 Å². The lowest BCUT2D eigenvalue weighted by atomic mass is 9.91. The predicted octanol–water partition coefficient (Wildman–Crippen LogP) is 8.99. The van der Waals surface area contributed by atoms with Gasteiger partial charge in [-0.25, -0.2) is 0 Å². The van der Waals surface area contributed by atoms with Crippen molar-refractivity contribution < 1.29 is 0 Å². The van der Waals surface area contributed by atoms with Gasteiger partial charge < -0.3 is 9.47 Å². The molecule has 0 N–H and O–H groups in total. The van der Waals surface area contributed by atoms with Crippen molar-refractivity contribution in [1.82, 2.24) is 4.57 Å². The fourth-order valence-electron chi connectivity index (χ4n) is 6.67. The number of fused-ring (bicyclic) bond motifs is 6. The number of rotatable bonds is 3. The third-order valence-corrected chi connectivity index (χ3v) is 8.42. The molecule has 5 aromatic rings. The molecule has 0 saturated carbocycles. The zero-order valence-electron chi connectivity index (χ0n) is 21.2. The Morgan fingerprint density at radius 2 is 1.37 bits per heavy atom. The van der Waals surface area contributed by atoms with Gasteiger partial charge in [0.25, 0.3) is 0 Å². The van der Waals surface area contributed by atoms with E-state index in [1.54, 1.807) is 0 Å². The zero-order chi connectivity index (χ0) is 25.1. The van der Waals surface area contributed by atoms with Gasteiger partial charge in [-0.15, -0.1) is 0 Å². The number of hydrogen-bond acceptors (Lipinski definition) is 1. The van der Waals surface area contributed by atoms with Crippen LogP contribution in [0.15, 0.2) is 127 Å². The Balaban J connectivity index is 1.13. The predicted molar refractivity (Wildman–Crippen MR) is 159 cm³/mol. The lowest BCUT2D eigenvalue weighted by Gasteiger charge is -2.28. The number of aryl methyl sites for hydroxylation is 1. The molecule has 0 amide bonds. The third-order valence-electron chi connectivity index (χ3n) is 8.42. The molecule has 2 heteroatoms. The molecule has 0 saturated heterocycles. The van der Waals surface area contributed by atoms with Crippen molar-refractivity contribution in [3.05, 3.63) is 144 Å². The summed E-state index contributed by atoms with van der Waals surface area (Å²) < 4.78 is 2.42. The van der Waals surface area contributed by atoms with Crippen LogP contribution < -0.4 is 4.90 Å². The molecule has 2 atom stereocenters. The van der Waals surface area contributed by atoms with Crippen LogP contribution in [0.1, 0.15) is 29.2 Å². The van der Waals surface area contributed by atoms with E-state index in [9.17, 15) is 0 Å². The molecule has 8 rings (SSSR count). The lowest BCUT2D eigenvalue weighted by Crippen LogP contribution is -2.28. The van der Waals surface area contributed by atoms with Gasteiger partial charge in [0.05, 0.1) is 11.6 Å². The molecule has 1 aliphatic heterocycles. The second-order valence-corrected chi connectivity index (χ2v) is 10.5. The van der Waals surface area contributed by atoms with Gasteiger partial charge in [-0.2, -0.15) is 0 Å². The molecule has 0 bridgehead atoms. The van der Waals surface area contributed by atoms with E-state index < -0.39 is 0 Å². The number of aromatic nitrogens is 1. The SMILES string of the molecule is C1=CC2c3ccccc3N(c3ccc(-c4ccc(-n5c6c(c7ccccc75)CCC=C6)cc4)cc3)C2C=C1. The minimum Gasteiger partial charge on any atom is -0.333 e. The van der Waals surface area contributed by atoms with E-state index in [0.29, 0.717) is 12.0 Å². The average Bonchev–Trinajstić information content (AvgIpc) is 3.51.